The number of nitrogens with one attached hydrogen (secondary N) is 2. The largest absolute Gasteiger partial charge is 0.378 e. The summed E-state index contributed by atoms with van der Waals surface area (Å²) in [6, 6.07) is 16.2. The first-order valence-corrected chi connectivity index (χ1v) is 9.16. The van der Waals surface area contributed by atoms with E-state index in [1.165, 1.54) is 0 Å². The Hall–Kier alpha value is -3.13. The van der Waals surface area contributed by atoms with Gasteiger partial charge in [-0.25, -0.2) is 0 Å². The lowest BCUT2D eigenvalue weighted by molar-refractivity contribution is -0.121. The molecule has 1 heterocycles. The molecule has 0 saturated carbocycles. The van der Waals surface area contributed by atoms with Crippen LogP contribution in [-0.4, -0.2) is 28.1 Å². The number of carbonyl (C=O) groups excluding carboxylic acids is 3. The van der Waals surface area contributed by atoms with Crippen molar-refractivity contribution in [3.63, 3.8) is 0 Å². The molecular formula is C19H18N4O3S. The van der Waals surface area contributed by atoms with E-state index in [4.69, 9.17) is 5.73 Å². The lowest BCUT2D eigenvalue weighted by Gasteiger charge is -2.09. The summed E-state index contributed by atoms with van der Waals surface area (Å²) in [7, 11) is 0. The van der Waals surface area contributed by atoms with Crippen LogP contribution in [0.1, 0.15) is 22.3 Å². The predicted molar refractivity (Wildman–Crippen MR) is 105 cm³/mol. The molecule has 4 N–H and O–H groups in total. The minimum absolute atomic E-state index is 0.00693. The molecule has 0 aliphatic carbocycles. The standard InChI is InChI=1S/C19H18N4O3S/c20-19-23-18(26)15(27-19)10-16(24)22-14-8-6-13(7-9-14)17(25)21-11-12-4-2-1-3-5-12/h1-9,15H,10-11H2,(H,21,25)(H,22,24)(H2,20,23,26)/t15-/m0/s1. The molecule has 0 radical (unpaired) electrons. The SMILES string of the molecule is NC1=NC(=O)[C@H](CC(=O)Nc2ccc(C(=O)NCc3ccccc3)cc2)S1. The van der Waals surface area contributed by atoms with Gasteiger partial charge >= 0.3 is 0 Å². The van der Waals surface area contributed by atoms with E-state index in [1.807, 2.05) is 30.3 Å². The van der Waals surface area contributed by atoms with Gasteiger partial charge in [-0.1, -0.05) is 42.1 Å². The average molecular weight is 382 g/mol. The average Bonchev–Trinajstić information content (AvgIpc) is 2.98. The van der Waals surface area contributed by atoms with Gasteiger partial charge in [0, 0.05) is 24.2 Å². The third kappa shape index (κ3) is 5.18. The first-order chi connectivity index (χ1) is 13.0. The van der Waals surface area contributed by atoms with E-state index < -0.39 is 11.2 Å². The summed E-state index contributed by atoms with van der Waals surface area (Å²) in [5.41, 5.74) is 7.52. The van der Waals surface area contributed by atoms with E-state index in [0.717, 1.165) is 17.3 Å². The second kappa shape index (κ2) is 8.50. The smallest absolute Gasteiger partial charge is 0.262 e. The number of nitrogens with zero attached hydrogens (tertiary/aromatic N) is 1. The number of benzene rings is 2. The Balaban J connectivity index is 1.50. The monoisotopic (exact) mass is 382 g/mol. The van der Waals surface area contributed by atoms with E-state index in [9.17, 15) is 14.4 Å². The maximum atomic E-state index is 12.2. The minimum Gasteiger partial charge on any atom is -0.378 e. The van der Waals surface area contributed by atoms with E-state index in [0.29, 0.717) is 17.8 Å². The summed E-state index contributed by atoms with van der Waals surface area (Å²) in [4.78, 5) is 39.4. The number of aliphatic imine (C=N–C) groups is 1. The molecule has 1 aliphatic rings. The Morgan fingerprint density at radius 3 is 2.41 bits per heavy atom. The first kappa shape index (κ1) is 18.7. The van der Waals surface area contributed by atoms with Gasteiger partial charge in [0.05, 0.1) is 0 Å². The van der Waals surface area contributed by atoms with Gasteiger partial charge in [-0.3, -0.25) is 14.4 Å². The molecule has 138 valence electrons. The highest BCUT2D eigenvalue weighted by Crippen LogP contribution is 2.23. The molecule has 1 aliphatic heterocycles. The van der Waals surface area contributed by atoms with Crippen LogP contribution in [-0.2, 0) is 16.1 Å². The molecule has 2 aromatic carbocycles. The Morgan fingerprint density at radius 1 is 1.07 bits per heavy atom. The van der Waals surface area contributed by atoms with Crippen molar-refractivity contribution in [2.75, 3.05) is 5.32 Å². The highest BCUT2D eigenvalue weighted by molar-refractivity contribution is 8.15. The van der Waals surface area contributed by atoms with Crippen molar-refractivity contribution >= 4 is 40.3 Å². The summed E-state index contributed by atoms with van der Waals surface area (Å²) >= 11 is 1.09. The summed E-state index contributed by atoms with van der Waals surface area (Å²) in [6.45, 7) is 0.441. The van der Waals surface area contributed by atoms with Crippen molar-refractivity contribution in [2.24, 2.45) is 10.7 Å². The van der Waals surface area contributed by atoms with Crippen LogP contribution < -0.4 is 16.4 Å². The predicted octanol–water partition coefficient (Wildman–Crippen LogP) is 1.90. The zero-order valence-corrected chi connectivity index (χ0v) is 15.2. The summed E-state index contributed by atoms with van der Waals surface area (Å²) in [5, 5.41) is 5.15. The van der Waals surface area contributed by atoms with Crippen molar-refractivity contribution in [3.05, 3.63) is 65.7 Å². The van der Waals surface area contributed by atoms with Crippen LogP contribution in [0, 0.1) is 0 Å². The van der Waals surface area contributed by atoms with Gasteiger partial charge in [0.15, 0.2) is 5.17 Å². The number of amides is 3. The van der Waals surface area contributed by atoms with Crippen molar-refractivity contribution < 1.29 is 14.4 Å². The van der Waals surface area contributed by atoms with Gasteiger partial charge in [0.2, 0.25) is 5.91 Å². The second-order valence-electron chi connectivity index (χ2n) is 5.89. The molecule has 7 nitrogen and oxygen atoms in total. The van der Waals surface area contributed by atoms with Crippen molar-refractivity contribution in [1.82, 2.24) is 5.32 Å². The first-order valence-electron chi connectivity index (χ1n) is 8.28. The topological polar surface area (TPSA) is 114 Å². The molecule has 0 saturated heterocycles. The van der Waals surface area contributed by atoms with E-state index in [2.05, 4.69) is 15.6 Å². The molecule has 2 aromatic rings. The molecule has 0 fully saturated rings. The van der Waals surface area contributed by atoms with Gasteiger partial charge in [0.1, 0.15) is 5.25 Å². The molecule has 0 aromatic heterocycles. The number of thioether (sulfide) groups is 1. The van der Waals surface area contributed by atoms with Crippen LogP contribution in [0.5, 0.6) is 0 Å². The molecule has 8 heteroatoms. The molecule has 3 amide bonds. The van der Waals surface area contributed by atoms with Crippen LogP contribution in [0.2, 0.25) is 0 Å². The molecule has 0 spiro atoms. The molecule has 0 unspecified atom stereocenters. The number of hydrogen-bond donors (Lipinski definition) is 3. The molecule has 0 bridgehead atoms. The van der Waals surface area contributed by atoms with Crippen LogP contribution in [0.3, 0.4) is 0 Å². The summed E-state index contributed by atoms with van der Waals surface area (Å²) < 4.78 is 0. The molecule has 3 rings (SSSR count). The number of amidine groups is 1. The van der Waals surface area contributed by atoms with E-state index >= 15 is 0 Å². The highest BCUT2D eigenvalue weighted by Gasteiger charge is 2.29. The number of nitrogens with two attached hydrogens (primary N) is 1. The lowest BCUT2D eigenvalue weighted by Crippen LogP contribution is -2.23. The van der Waals surface area contributed by atoms with Crippen LogP contribution in [0.15, 0.2) is 59.6 Å². The van der Waals surface area contributed by atoms with Crippen LogP contribution in [0.4, 0.5) is 5.69 Å². The van der Waals surface area contributed by atoms with E-state index in [-0.39, 0.29) is 23.4 Å². The third-order valence-corrected chi connectivity index (χ3v) is 4.84. The fourth-order valence-corrected chi connectivity index (χ4v) is 3.32. The Labute approximate surface area is 160 Å². The fraction of sp³-hybridized carbons (Fsp3) is 0.158. The number of anilines is 1. The van der Waals surface area contributed by atoms with E-state index in [1.54, 1.807) is 24.3 Å². The summed E-state index contributed by atoms with van der Waals surface area (Å²) in [6.07, 6.45) is -0.00693. The van der Waals surface area contributed by atoms with Crippen LogP contribution >= 0.6 is 11.8 Å². The molecule has 27 heavy (non-hydrogen) atoms. The van der Waals surface area contributed by atoms with Gasteiger partial charge in [-0.05, 0) is 29.8 Å². The zero-order chi connectivity index (χ0) is 19.2. The van der Waals surface area contributed by atoms with Crippen molar-refractivity contribution in [2.45, 2.75) is 18.2 Å². The normalized spacial score (nSPS) is 15.9. The lowest BCUT2D eigenvalue weighted by atomic mass is 10.1. The van der Waals surface area contributed by atoms with Crippen molar-refractivity contribution in [1.29, 1.82) is 0 Å². The Bertz CT molecular complexity index is 882. The van der Waals surface area contributed by atoms with Gasteiger partial charge < -0.3 is 16.4 Å². The van der Waals surface area contributed by atoms with Gasteiger partial charge in [-0.15, -0.1) is 0 Å². The minimum atomic E-state index is -0.576. The van der Waals surface area contributed by atoms with Gasteiger partial charge in [-0.2, -0.15) is 4.99 Å². The third-order valence-electron chi connectivity index (χ3n) is 3.86. The van der Waals surface area contributed by atoms with Gasteiger partial charge in [0.25, 0.3) is 11.8 Å². The molecular weight excluding hydrogens is 364 g/mol. The fourth-order valence-electron chi connectivity index (χ4n) is 2.50. The zero-order valence-electron chi connectivity index (χ0n) is 14.3. The Kier molecular flexibility index (Phi) is 5.87. The maximum absolute atomic E-state index is 12.2. The van der Waals surface area contributed by atoms with Crippen molar-refractivity contribution in [3.8, 4) is 0 Å². The van der Waals surface area contributed by atoms with Crippen LogP contribution in [0.25, 0.3) is 0 Å². The number of carbonyl (C=O) groups is 3. The molecule has 1 atom stereocenters. The Morgan fingerprint density at radius 2 is 1.78 bits per heavy atom. The second-order valence-corrected chi connectivity index (χ2v) is 7.12. The number of hydrogen-bond acceptors (Lipinski definition) is 5. The quantitative estimate of drug-likeness (QED) is 0.706. The number of rotatable bonds is 6. The maximum Gasteiger partial charge on any atom is 0.262 e. The summed E-state index contributed by atoms with van der Waals surface area (Å²) in [5.74, 6) is -0.901. The highest BCUT2D eigenvalue weighted by atomic mass is 32.2.